The number of carbonyl (C=O) groups excluding carboxylic acids is 1. The van der Waals surface area contributed by atoms with Gasteiger partial charge in [-0.2, -0.15) is 13.2 Å². The zero-order chi connectivity index (χ0) is 23.8. The standard InChI is InChI=1S/C25H21F3O4S/c26-25(27,28)22-11-4-2-7-18(22)12-13-32-23(29)15-17-6-5-9-20(14-17)33-16-19-8-1-3-10-21(19)24(30)31/h1-11,14H,12-13,15-16H2,(H,30,31). The van der Waals surface area contributed by atoms with Crippen LogP contribution in [-0.4, -0.2) is 23.7 Å². The molecule has 1 N–H and O–H groups in total. The summed E-state index contributed by atoms with van der Waals surface area (Å²) >= 11 is 1.44. The fourth-order valence-electron chi connectivity index (χ4n) is 3.27. The van der Waals surface area contributed by atoms with Gasteiger partial charge >= 0.3 is 18.1 Å². The third-order valence-corrected chi connectivity index (χ3v) is 5.89. The molecule has 4 nitrogen and oxygen atoms in total. The molecule has 0 amide bonds. The van der Waals surface area contributed by atoms with Gasteiger partial charge in [-0.15, -0.1) is 11.8 Å². The molecule has 0 bridgehead atoms. The average molecular weight is 475 g/mol. The summed E-state index contributed by atoms with van der Waals surface area (Å²) in [6.07, 6.45) is -4.50. The van der Waals surface area contributed by atoms with Crippen LogP contribution < -0.4 is 0 Å². The van der Waals surface area contributed by atoms with E-state index in [0.29, 0.717) is 16.9 Å². The summed E-state index contributed by atoms with van der Waals surface area (Å²) in [7, 11) is 0. The van der Waals surface area contributed by atoms with Crippen LogP contribution in [0.2, 0.25) is 0 Å². The fraction of sp³-hybridized carbons (Fsp3) is 0.200. The van der Waals surface area contributed by atoms with Crippen molar-refractivity contribution in [2.75, 3.05) is 6.61 Å². The number of aromatic carboxylic acids is 1. The summed E-state index contributed by atoms with van der Waals surface area (Å²) in [6.45, 7) is -0.146. The Morgan fingerprint density at radius 3 is 2.33 bits per heavy atom. The zero-order valence-electron chi connectivity index (χ0n) is 17.5. The molecule has 0 fully saturated rings. The normalized spacial score (nSPS) is 11.2. The third-order valence-electron chi connectivity index (χ3n) is 4.85. The van der Waals surface area contributed by atoms with Gasteiger partial charge < -0.3 is 9.84 Å². The molecule has 3 rings (SSSR count). The minimum Gasteiger partial charge on any atom is -0.478 e. The van der Waals surface area contributed by atoms with E-state index in [1.807, 2.05) is 12.1 Å². The van der Waals surface area contributed by atoms with Crippen molar-refractivity contribution in [3.8, 4) is 0 Å². The predicted octanol–water partition coefficient (Wildman–Crippen LogP) is 6.02. The number of esters is 1. The number of rotatable bonds is 9. The first kappa shape index (κ1) is 24.4. The van der Waals surface area contributed by atoms with E-state index < -0.39 is 23.7 Å². The van der Waals surface area contributed by atoms with Gasteiger partial charge in [0.15, 0.2) is 0 Å². The highest BCUT2D eigenvalue weighted by molar-refractivity contribution is 7.98. The molecule has 0 atom stereocenters. The molecule has 0 radical (unpaired) electrons. The van der Waals surface area contributed by atoms with Crippen molar-refractivity contribution in [2.24, 2.45) is 0 Å². The van der Waals surface area contributed by atoms with Crippen LogP contribution in [0.25, 0.3) is 0 Å². The van der Waals surface area contributed by atoms with Crippen molar-refractivity contribution in [3.05, 3.63) is 101 Å². The van der Waals surface area contributed by atoms with Crippen LogP contribution in [0.3, 0.4) is 0 Å². The molecule has 0 unspecified atom stereocenters. The SMILES string of the molecule is O=C(Cc1cccc(SCc2ccccc2C(=O)O)c1)OCCc1ccccc1C(F)(F)F. The van der Waals surface area contributed by atoms with Crippen molar-refractivity contribution in [1.82, 2.24) is 0 Å². The van der Waals surface area contributed by atoms with Crippen LogP contribution in [0.5, 0.6) is 0 Å². The Morgan fingerprint density at radius 1 is 0.909 bits per heavy atom. The number of benzene rings is 3. The number of carbonyl (C=O) groups is 2. The lowest BCUT2D eigenvalue weighted by atomic mass is 10.0. The number of thioether (sulfide) groups is 1. The van der Waals surface area contributed by atoms with Crippen LogP contribution in [-0.2, 0) is 34.3 Å². The van der Waals surface area contributed by atoms with Crippen molar-refractivity contribution < 1.29 is 32.6 Å². The van der Waals surface area contributed by atoms with Gasteiger partial charge in [-0.1, -0.05) is 48.5 Å². The fourth-order valence-corrected chi connectivity index (χ4v) is 4.25. The maximum Gasteiger partial charge on any atom is 0.416 e. The molecular weight excluding hydrogens is 453 g/mol. The van der Waals surface area contributed by atoms with E-state index >= 15 is 0 Å². The maximum absolute atomic E-state index is 13.1. The first-order chi connectivity index (χ1) is 15.7. The highest BCUT2D eigenvalue weighted by Gasteiger charge is 2.32. The Bertz CT molecular complexity index is 1130. The summed E-state index contributed by atoms with van der Waals surface area (Å²) < 4.78 is 44.3. The van der Waals surface area contributed by atoms with Gasteiger partial charge in [0.2, 0.25) is 0 Å². The molecule has 3 aromatic rings. The molecule has 3 aromatic carbocycles. The van der Waals surface area contributed by atoms with Crippen LogP contribution in [0.4, 0.5) is 13.2 Å². The largest absolute Gasteiger partial charge is 0.478 e. The highest BCUT2D eigenvalue weighted by atomic mass is 32.2. The Morgan fingerprint density at radius 2 is 1.61 bits per heavy atom. The van der Waals surface area contributed by atoms with Crippen molar-refractivity contribution in [2.45, 2.75) is 29.7 Å². The van der Waals surface area contributed by atoms with E-state index in [9.17, 15) is 27.9 Å². The Kier molecular flexibility index (Phi) is 8.16. The van der Waals surface area contributed by atoms with Gasteiger partial charge in [0.25, 0.3) is 0 Å². The Hall–Kier alpha value is -3.26. The zero-order valence-corrected chi connectivity index (χ0v) is 18.3. The summed E-state index contributed by atoms with van der Waals surface area (Å²) in [4.78, 5) is 24.4. The summed E-state index contributed by atoms with van der Waals surface area (Å²) in [6, 6.07) is 19.2. The first-order valence-corrected chi connectivity index (χ1v) is 11.1. The van der Waals surface area contributed by atoms with Gasteiger partial charge in [-0.3, -0.25) is 4.79 Å². The summed E-state index contributed by atoms with van der Waals surface area (Å²) in [5.41, 5.74) is 0.996. The molecule has 0 aliphatic heterocycles. The van der Waals surface area contributed by atoms with Gasteiger partial charge in [0.1, 0.15) is 0 Å². The van der Waals surface area contributed by atoms with E-state index in [0.717, 1.165) is 11.0 Å². The minimum atomic E-state index is -4.45. The molecule has 0 saturated heterocycles. The van der Waals surface area contributed by atoms with E-state index in [2.05, 4.69) is 0 Å². The minimum absolute atomic E-state index is 0.0129. The van der Waals surface area contributed by atoms with E-state index in [1.54, 1.807) is 36.4 Å². The molecule has 0 spiro atoms. The molecule has 172 valence electrons. The van der Waals surface area contributed by atoms with Crippen LogP contribution in [0, 0.1) is 0 Å². The molecule has 33 heavy (non-hydrogen) atoms. The first-order valence-electron chi connectivity index (χ1n) is 10.1. The second kappa shape index (κ2) is 11.0. The second-order valence-electron chi connectivity index (χ2n) is 7.20. The number of hydrogen-bond acceptors (Lipinski definition) is 4. The topological polar surface area (TPSA) is 63.6 Å². The van der Waals surface area contributed by atoms with Crippen LogP contribution in [0.15, 0.2) is 77.7 Å². The average Bonchev–Trinajstić information content (AvgIpc) is 2.78. The van der Waals surface area contributed by atoms with E-state index in [4.69, 9.17) is 4.74 Å². The molecular formula is C25H21F3O4S. The number of carboxylic acid groups (broad SMARTS) is 1. The highest BCUT2D eigenvalue weighted by Crippen LogP contribution is 2.32. The molecule has 0 saturated carbocycles. The van der Waals surface area contributed by atoms with Gasteiger partial charge in [0, 0.05) is 17.1 Å². The number of hydrogen-bond donors (Lipinski definition) is 1. The monoisotopic (exact) mass is 474 g/mol. The number of ether oxygens (including phenoxy) is 1. The van der Waals surface area contributed by atoms with Gasteiger partial charge in [-0.25, -0.2) is 4.79 Å². The van der Waals surface area contributed by atoms with Crippen LogP contribution >= 0.6 is 11.8 Å². The van der Waals surface area contributed by atoms with Crippen molar-refractivity contribution >= 4 is 23.7 Å². The van der Waals surface area contributed by atoms with E-state index in [1.165, 1.54) is 30.0 Å². The Balaban J connectivity index is 1.53. The van der Waals surface area contributed by atoms with Crippen LogP contribution in [0.1, 0.15) is 32.6 Å². The quantitative estimate of drug-likeness (QED) is 0.303. The number of alkyl halides is 3. The molecule has 0 aromatic heterocycles. The number of halogens is 3. The number of carboxylic acids is 1. The molecule has 0 aliphatic carbocycles. The van der Waals surface area contributed by atoms with E-state index in [-0.39, 0.29) is 30.6 Å². The van der Waals surface area contributed by atoms with Gasteiger partial charge in [0.05, 0.1) is 24.2 Å². The van der Waals surface area contributed by atoms with Crippen molar-refractivity contribution in [3.63, 3.8) is 0 Å². The Labute approximate surface area is 193 Å². The smallest absolute Gasteiger partial charge is 0.416 e. The third kappa shape index (κ3) is 7.12. The predicted molar refractivity (Wildman–Crippen MR) is 119 cm³/mol. The molecule has 0 aliphatic rings. The lowest BCUT2D eigenvalue weighted by molar-refractivity contribution is -0.142. The lowest BCUT2D eigenvalue weighted by Crippen LogP contribution is -2.13. The maximum atomic E-state index is 13.1. The lowest BCUT2D eigenvalue weighted by Gasteiger charge is -2.12. The molecule has 0 heterocycles. The second-order valence-corrected chi connectivity index (χ2v) is 8.25. The summed E-state index contributed by atoms with van der Waals surface area (Å²) in [5, 5.41) is 9.29. The van der Waals surface area contributed by atoms with Crippen molar-refractivity contribution in [1.29, 1.82) is 0 Å². The summed E-state index contributed by atoms with van der Waals surface area (Å²) in [5.74, 6) is -1.06. The van der Waals surface area contributed by atoms with Gasteiger partial charge in [-0.05, 0) is 41.0 Å². The molecule has 8 heteroatoms.